The molecule has 0 saturated heterocycles. The molecule has 0 radical (unpaired) electrons. The molecule has 0 rings (SSSR count). The molecule has 4 heteroatoms. The number of hydrogen-bond acceptors (Lipinski definition) is 2. The molecule has 0 aliphatic heterocycles. The molecule has 0 bridgehead atoms. The Labute approximate surface area is 119 Å². The lowest BCUT2D eigenvalue weighted by molar-refractivity contribution is -0.849. The van der Waals surface area contributed by atoms with Crippen LogP contribution in [0.4, 0.5) is 0 Å². The van der Waals surface area contributed by atoms with Gasteiger partial charge in [-0.1, -0.05) is 51.9 Å². The number of nitrogens with zero attached hydrogens (tertiary/aromatic N) is 1. The monoisotopic (exact) mass is 275 g/mol. The highest BCUT2D eigenvalue weighted by Crippen LogP contribution is 2.09. The highest BCUT2D eigenvalue weighted by Gasteiger charge is 2.09. The second kappa shape index (κ2) is 12.4. The third-order valence-corrected chi connectivity index (χ3v) is 2.44. The highest BCUT2D eigenvalue weighted by molar-refractivity contribution is 5.72. The summed E-state index contributed by atoms with van der Waals surface area (Å²) in [5.74, 6) is -0.879. The van der Waals surface area contributed by atoms with E-state index in [4.69, 9.17) is 10.8 Å². The summed E-state index contributed by atoms with van der Waals surface area (Å²) in [6.45, 7) is 2.20. The predicted molar refractivity (Wildman–Crippen MR) is 82.2 cm³/mol. The number of aliphatic carboxylic acids is 1. The van der Waals surface area contributed by atoms with Gasteiger partial charge in [-0.2, -0.15) is 0 Å². The fourth-order valence-electron chi connectivity index (χ4n) is 1.44. The zero-order chi connectivity index (χ0) is 15.3. The molecular formula is C15H35N2O2+. The molecule has 0 amide bonds. The van der Waals surface area contributed by atoms with Crippen molar-refractivity contribution in [1.29, 1.82) is 0 Å². The van der Waals surface area contributed by atoms with Gasteiger partial charge in [0.25, 0.3) is 0 Å². The number of hydrogen-bond donors (Lipinski definition) is 2. The second-order valence-electron chi connectivity index (χ2n) is 6.54. The SMILES string of the molecule is CCCCCCCCCC(N)C(=O)O.C[N+](C)(C)C. The van der Waals surface area contributed by atoms with E-state index in [1.807, 2.05) is 0 Å². The van der Waals surface area contributed by atoms with E-state index in [0.29, 0.717) is 6.42 Å². The largest absolute Gasteiger partial charge is 0.480 e. The molecule has 0 aromatic rings. The lowest BCUT2D eigenvalue weighted by atomic mass is 10.1. The van der Waals surface area contributed by atoms with Gasteiger partial charge >= 0.3 is 5.97 Å². The van der Waals surface area contributed by atoms with Crippen LogP contribution in [-0.4, -0.2) is 49.8 Å². The van der Waals surface area contributed by atoms with E-state index in [1.54, 1.807) is 0 Å². The van der Waals surface area contributed by atoms with Crippen LogP contribution in [0.15, 0.2) is 0 Å². The molecular weight excluding hydrogens is 240 g/mol. The number of unbranched alkanes of at least 4 members (excludes halogenated alkanes) is 6. The molecule has 4 nitrogen and oxygen atoms in total. The standard InChI is InChI=1S/C11H23NO2.C4H12N/c1-2-3-4-5-6-7-8-9-10(12)11(13)14;1-5(2,3)4/h10H,2-9,12H2,1H3,(H,13,14);1-4H3/q;+1. The summed E-state index contributed by atoms with van der Waals surface area (Å²) in [5, 5.41) is 8.53. The fourth-order valence-corrected chi connectivity index (χ4v) is 1.44. The van der Waals surface area contributed by atoms with E-state index < -0.39 is 12.0 Å². The van der Waals surface area contributed by atoms with Crippen LogP contribution in [0.5, 0.6) is 0 Å². The number of quaternary nitrogens is 1. The minimum absolute atomic E-state index is 0.614. The quantitative estimate of drug-likeness (QED) is 0.502. The Morgan fingerprint density at radius 1 is 1.00 bits per heavy atom. The van der Waals surface area contributed by atoms with Crippen LogP contribution in [0.25, 0.3) is 0 Å². The van der Waals surface area contributed by atoms with Crippen molar-refractivity contribution in [3.05, 3.63) is 0 Å². The number of carboxylic acid groups (broad SMARTS) is 1. The first kappa shape index (κ1) is 20.7. The summed E-state index contributed by atoms with van der Waals surface area (Å²) < 4.78 is 1.00. The van der Waals surface area contributed by atoms with Crippen LogP contribution >= 0.6 is 0 Å². The molecule has 0 aliphatic rings. The minimum Gasteiger partial charge on any atom is -0.480 e. The van der Waals surface area contributed by atoms with Crippen molar-refractivity contribution < 1.29 is 14.4 Å². The molecule has 1 atom stereocenters. The Kier molecular flexibility index (Phi) is 13.5. The average Bonchev–Trinajstić information content (AvgIpc) is 2.25. The summed E-state index contributed by atoms with van der Waals surface area (Å²) in [7, 11) is 8.50. The van der Waals surface area contributed by atoms with Gasteiger partial charge in [0, 0.05) is 0 Å². The Bertz CT molecular complexity index is 207. The van der Waals surface area contributed by atoms with Gasteiger partial charge < -0.3 is 15.3 Å². The van der Waals surface area contributed by atoms with E-state index in [9.17, 15) is 4.79 Å². The number of carboxylic acids is 1. The topological polar surface area (TPSA) is 63.3 Å². The summed E-state index contributed by atoms with van der Waals surface area (Å²) in [6, 6.07) is -0.661. The van der Waals surface area contributed by atoms with E-state index in [1.165, 1.54) is 32.1 Å². The second-order valence-corrected chi connectivity index (χ2v) is 6.54. The first-order chi connectivity index (χ1) is 8.68. The molecule has 0 spiro atoms. The zero-order valence-corrected chi connectivity index (χ0v) is 13.6. The molecule has 1 unspecified atom stereocenters. The van der Waals surface area contributed by atoms with E-state index in [-0.39, 0.29) is 0 Å². The minimum atomic E-state index is -0.879. The Morgan fingerprint density at radius 3 is 1.74 bits per heavy atom. The van der Waals surface area contributed by atoms with Crippen LogP contribution in [0.2, 0.25) is 0 Å². The van der Waals surface area contributed by atoms with Crippen molar-refractivity contribution in [2.45, 2.75) is 64.3 Å². The first-order valence-corrected chi connectivity index (χ1v) is 7.45. The summed E-state index contributed by atoms with van der Waals surface area (Å²) in [4.78, 5) is 10.4. The van der Waals surface area contributed by atoms with Crippen LogP contribution in [0, 0.1) is 0 Å². The highest BCUT2D eigenvalue weighted by atomic mass is 16.4. The van der Waals surface area contributed by atoms with Crippen LogP contribution in [0.3, 0.4) is 0 Å². The summed E-state index contributed by atoms with van der Waals surface area (Å²) >= 11 is 0. The Morgan fingerprint density at radius 2 is 1.37 bits per heavy atom. The van der Waals surface area contributed by atoms with Crippen LogP contribution in [0.1, 0.15) is 58.3 Å². The van der Waals surface area contributed by atoms with Gasteiger partial charge in [0.15, 0.2) is 0 Å². The average molecular weight is 275 g/mol. The third-order valence-electron chi connectivity index (χ3n) is 2.44. The lowest BCUT2D eigenvalue weighted by Crippen LogP contribution is -2.29. The van der Waals surface area contributed by atoms with Gasteiger partial charge in [-0.15, -0.1) is 0 Å². The molecule has 19 heavy (non-hydrogen) atoms. The van der Waals surface area contributed by atoms with Crippen LogP contribution in [-0.2, 0) is 4.79 Å². The van der Waals surface area contributed by atoms with Crippen molar-refractivity contribution in [1.82, 2.24) is 0 Å². The van der Waals surface area contributed by atoms with Gasteiger partial charge in [-0.25, -0.2) is 0 Å². The number of nitrogens with two attached hydrogens (primary N) is 1. The molecule has 0 aromatic carbocycles. The van der Waals surface area contributed by atoms with Gasteiger partial charge in [-0.3, -0.25) is 4.79 Å². The van der Waals surface area contributed by atoms with Gasteiger partial charge in [0.2, 0.25) is 0 Å². The molecule has 0 aromatic heterocycles. The van der Waals surface area contributed by atoms with Gasteiger partial charge in [0.05, 0.1) is 28.2 Å². The zero-order valence-electron chi connectivity index (χ0n) is 13.6. The van der Waals surface area contributed by atoms with Crippen molar-refractivity contribution in [2.75, 3.05) is 28.2 Å². The smallest absolute Gasteiger partial charge is 0.320 e. The molecule has 0 fully saturated rings. The van der Waals surface area contributed by atoms with Gasteiger partial charge in [-0.05, 0) is 6.42 Å². The van der Waals surface area contributed by atoms with E-state index >= 15 is 0 Å². The summed E-state index contributed by atoms with van der Waals surface area (Å²) in [6.07, 6.45) is 9.05. The maximum atomic E-state index is 10.4. The Hall–Kier alpha value is -0.610. The lowest BCUT2D eigenvalue weighted by Gasteiger charge is -2.14. The van der Waals surface area contributed by atoms with E-state index in [2.05, 4.69) is 35.1 Å². The van der Waals surface area contributed by atoms with Crippen molar-refractivity contribution in [2.24, 2.45) is 5.73 Å². The third kappa shape index (κ3) is 26.8. The van der Waals surface area contributed by atoms with Crippen molar-refractivity contribution >= 4 is 5.97 Å². The van der Waals surface area contributed by atoms with Gasteiger partial charge in [0.1, 0.15) is 6.04 Å². The normalized spacial score (nSPS) is 12.5. The Balaban J connectivity index is 0. The molecule has 0 aliphatic carbocycles. The maximum Gasteiger partial charge on any atom is 0.320 e. The van der Waals surface area contributed by atoms with E-state index in [0.717, 1.165) is 17.3 Å². The first-order valence-electron chi connectivity index (χ1n) is 7.45. The van der Waals surface area contributed by atoms with Crippen LogP contribution < -0.4 is 5.73 Å². The molecule has 0 saturated carbocycles. The molecule has 0 heterocycles. The maximum absolute atomic E-state index is 10.4. The van der Waals surface area contributed by atoms with Crippen molar-refractivity contribution in [3.63, 3.8) is 0 Å². The molecule has 116 valence electrons. The fraction of sp³-hybridized carbons (Fsp3) is 0.933. The molecule has 3 N–H and O–H groups in total. The predicted octanol–water partition coefficient (Wildman–Crippen LogP) is 2.86. The van der Waals surface area contributed by atoms with Crippen molar-refractivity contribution in [3.8, 4) is 0 Å². The summed E-state index contributed by atoms with van der Waals surface area (Å²) in [5.41, 5.74) is 5.38. The number of carbonyl (C=O) groups is 1. The number of rotatable bonds is 9.